The molecule has 1 atom stereocenters. The molecule has 1 saturated heterocycles. The van der Waals surface area contributed by atoms with Crippen LogP contribution in [0, 0.1) is 11.6 Å². The molecule has 210 valence electrons. The molecule has 2 N–H and O–H groups in total. The second kappa shape index (κ2) is 13.6. The predicted octanol–water partition coefficient (Wildman–Crippen LogP) is 4.57. The molecule has 0 spiro atoms. The summed E-state index contributed by atoms with van der Waals surface area (Å²) >= 11 is 0. The maximum atomic E-state index is 14.7. The maximum absolute atomic E-state index is 14.7. The number of aliphatic hydroxyl groups is 1. The van der Waals surface area contributed by atoms with E-state index in [-0.39, 0.29) is 24.6 Å². The van der Waals surface area contributed by atoms with E-state index in [2.05, 4.69) is 32.1 Å². The van der Waals surface area contributed by atoms with Crippen molar-refractivity contribution in [2.24, 2.45) is 0 Å². The third-order valence-corrected chi connectivity index (χ3v) is 7.20. The molecule has 1 amide bonds. The molecule has 1 aliphatic heterocycles. The van der Waals surface area contributed by atoms with E-state index >= 15 is 0 Å². The highest BCUT2D eigenvalue weighted by Gasteiger charge is 2.36. The van der Waals surface area contributed by atoms with Gasteiger partial charge >= 0.3 is 0 Å². The lowest BCUT2D eigenvalue weighted by atomic mass is 9.92. The molecule has 1 unspecified atom stereocenters. The summed E-state index contributed by atoms with van der Waals surface area (Å²) in [7, 11) is 0. The first-order valence-electron chi connectivity index (χ1n) is 13.7. The molecule has 0 radical (unpaired) electrons. The second-order valence-corrected chi connectivity index (χ2v) is 10.3. The third kappa shape index (κ3) is 8.06. The second-order valence-electron chi connectivity index (χ2n) is 10.3. The van der Waals surface area contributed by atoms with Gasteiger partial charge in [-0.3, -0.25) is 9.69 Å². The van der Waals surface area contributed by atoms with E-state index < -0.39 is 17.2 Å². The first-order valence-corrected chi connectivity index (χ1v) is 13.7. The number of hydrogen-bond donors (Lipinski definition) is 2. The number of piperazine rings is 1. The quantitative estimate of drug-likeness (QED) is 0.309. The summed E-state index contributed by atoms with van der Waals surface area (Å²) in [5, 5.41) is 18.7. The summed E-state index contributed by atoms with van der Waals surface area (Å²) in [4.78, 5) is 20.5. The number of β-amino-alcohol motifs (C(OH)–C–C–N with tert-alkyl or cyclic N) is 1. The maximum Gasteiger partial charge on any atom is 0.224 e. The molecule has 2 heterocycles. The molecule has 0 aliphatic carbocycles. The molecule has 39 heavy (non-hydrogen) atoms. The molecule has 0 bridgehead atoms. The minimum atomic E-state index is -1.62. The van der Waals surface area contributed by atoms with Crippen LogP contribution >= 0.6 is 0 Å². The average Bonchev–Trinajstić information content (AvgIpc) is 3.42. The number of nitrogens with zero attached hydrogens (tertiary/aromatic N) is 5. The van der Waals surface area contributed by atoms with E-state index in [0.717, 1.165) is 49.4 Å². The molecule has 4 rings (SSSR count). The van der Waals surface area contributed by atoms with Gasteiger partial charge in [0, 0.05) is 62.1 Å². The highest BCUT2D eigenvalue weighted by atomic mass is 19.1. The Labute approximate surface area is 228 Å². The summed E-state index contributed by atoms with van der Waals surface area (Å²) in [6.45, 7) is 5.06. The van der Waals surface area contributed by atoms with Crippen molar-refractivity contribution in [2.75, 3.05) is 42.9 Å². The Kier molecular flexibility index (Phi) is 10.00. The van der Waals surface area contributed by atoms with Gasteiger partial charge in [0.05, 0.1) is 6.54 Å². The number of halogens is 2. The minimum Gasteiger partial charge on any atom is -0.382 e. The summed E-state index contributed by atoms with van der Waals surface area (Å²) in [6.07, 6.45) is 8.94. The highest BCUT2D eigenvalue weighted by Crippen LogP contribution is 2.29. The monoisotopic (exact) mass is 540 g/mol. The van der Waals surface area contributed by atoms with Crippen LogP contribution in [0.15, 0.2) is 55.1 Å². The number of aromatic nitrogens is 3. The summed E-state index contributed by atoms with van der Waals surface area (Å²) in [5.74, 6) is -1.44. The zero-order valence-corrected chi connectivity index (χ0v) is 22.5. The van der Waals surface area contributed by atoms with Crippen molar-refractivity contribution in [2.45, 2.75) is 57.6 Å². The van der Waals surface area contributed by atoms with Gasteiger partial charge in [-0.1, -0.05) is 38.7 Å². The Morgan fingerprint density at radius 2 is 1.74 bits per heavy atom. The molecule has 3 aromatic rings. The molecule has 1 aliphatic rings. The van der Waals surface area contributed by atoms with E-state index in [0.29, 0.717) is 19.5 Å². The largest absolute Gasteiger partial charge is 0.382 e. The lowest BCUT2D eigenvalue weighted by Gasteiger charge is -2.40. The molecule has 1 fully saturated rings. The van der Waals surface area contributed by atoms with Gasteiger partial charge in [-0.05, 0) is 36.8 Å². The predicted molar refractivity (Wildman–Crippen MR) is 147 cm³/mol. The first kappa shape index (κ1) is 28.6. The van der Waals surface area contributed by atoms with Crippen molar-refractivity contribution in [3.05, 3.63) is 72.3 Å². The highest BCUT2D eigenvalue weighted by molar-refractivity contribution is 5.90. The van der Waals surface area contributed by atoms with Gasteiger partial charge in [-0.2, -0.15) is 5.10 Å². The number of anilines is 2. The van der Waals surface area contributed by atoms with E-state index in [4.69, 9.17) is 0 Å². The molecule has 1 aromatic heterocycles. The lowest BCUT2D eigenvalue weighted by molar-refractivity contribution is -0.116. The summed E-state index contributed by atoms with van der Waals surface area (Å²) in [6, 6.07) is 11.1. The number of carbonyl (C=O) groups is 1. The van der Waals surface area contributed by atoms with Crippen molar-refractivity contribution < 1.29 is 18.7 Å². The molecule has 2 aromatic carbocycles. The molecular formula is C29H38F2N6O2. The van der Waals surface area contributed by atoms with Crippen LogP contribution in [0.5, 0.6) is 0 Å². The number of rotatable bonds is 13. The number of carbonyl (C=O) groups excluding carboxylic acids is 1. The van der Waals surface area contributed by atoms with E-state index in [9.17, 15) is 18.7 Å². The van der Waals surface area contributed by atoms with Gasteiger partial charge in [0.25, 0.3) is 0 Å². The van der Waals surface area contributed by atoms with Crippen LogP contribution in [0.2, 0.25) is 0 Å². The van der Waals surface area contributed by atoms with Crippen LogP contribution < -0.4 is 10.2 Å². The molecule has 0 saturated carbocycles. The van der Waals surface area contributed by atoms with Crippen LogP contribution in [0.1, 0.15) is 51.0 Å². The Hall–Kier alpha value is -3.37. The van der Waals surface area contributed by atoms with Crippen LogP contribution in [0.3, 0.4) is 0 Å². The molecule has 10 heteroatoms. The number of amides is 1. The van der Waals surface area contributed by atoms with Crippen molar-refractivity contribution in [3.8, 4) is 0 Å². The van der Waals surface area contributed by atoms with Crippen molar-refractivity contribution in [3.63, 3.8) is 0 Å². The zero-order valence-electron chi connectivity index (χ0n) is 22.5. The normalized spacial score (nSPS) is 15.7. The van der Waals surface area contributed by atoms with E-state index in [1.807, 2.05) is 24.3 Å². The van der Waals surface area contributed by atoms with Gasteiger partial charge < -0.3 is 15.3 Å². The van der Waals surface area contributed by atoms with Crippen LogP contribution in [-0.2, 0) is 16.9 Å². The topological polar surface area (TPSA) is 86.5 Å². The summed E-state index contributed by atoms with van der Waals surface area (Å²) < 4.78 is 29.7. The Morgan fingerprint density at radius 3 is 2.41 bits per heavy atom. The number of hydrogen-bond acceptors (Lipinski definition) is 6. The number of benzene rings is 2. The smallest absolute Gasteiger partial charge is 0.224 e. The minimum absolute atomic E-state index is 0.0122. The Bertz CT molecular complexity index is 1180. The standard InChI is InChI=1S/C29H38F2N6O2/c1-2-3-4-5-6-7-28(38)34-24-9-11-25(12-10-24)36-16-14-35(15-17-36)19-29(39,20-37-22-32-21-33-37)26-13-8-23(30)18-27(26)31/h8-13,18,21-22,39H,2-7,14-17,19-20H2,1H3,(H,34,38). The fourth-order valence-corrected chi connectivity index (χ4v) is 5.07. The van der Waals surface area contributed by atoms with Gasteiger partial charge in [0.15, 0.2) is 0 Å². The number of unbranched alkanes of at least 4 members (excludes halogenated alkanes) is 4. The van der Waals surface area contributed by atoms with Crippen molar-refractivity contribution in [1.29, 1.82) is 0 Å². The van der Waals surface area contributed by atoms with Gasteiger partial charge in [-0.25, -0.2) is 18.4 Å². The zero-order chi connectivity index (χ0) is 27.7. The van der Waals surface area contributed by atoms with Crippen LogP contribution in [0.25, 0.3) is 0 Å². The SMILES string of the molecule is CCCCCCCC(=O)Nc1ccc(N2CCN(CC(O)(Cn3cncn3)c3ccc(F)cc3F)CC2)cc1. The van der Waals surface area contributed by atoms with E-state index in [1.165, 1.54) is 42.7 Å². The molecule has 8 nitrogen and oxygen atoms in total. The molecular weight excluding hydrogens is 502 g/mol. The fraction of sp³-hybridized carbons (Fsp3) is 0.483. The Morgan fingerprint density at radius 1 is 1.00 bits per heavy atom. The van der Waals surface area contributed by atoms with Gasteiger partial charge in [0.1, 0.15) is 29.9 Å². The lowest BCUT2D eigenvalue weighted by Crippen LogP contribution is -2.52. The third-order valence-electron chi connectivity index (χ3n) is 7.20. The van der Waals surface area contributed by atoms with Crippen LogP contribution in [-0.4, -0.2) is 63.4 Å². The van der Waals surface area contributed by atoms with Gasteiger partial charge in [-0.15, -0.1) is 0 Å². The number of nitrogens with one attached hydrogen (secondary N) is 1. The van der Waals surface area contributed by atoms with Gasteiger partial charge in [0.2, 0.25) is 5.91 Å². The van der Waals surface area contributed by atoms with Crippen LogP contribution in [0.4, 0.5) is 20.2 Å². The van der Waals surface area contributed by atoms with Crippen molar-refractivity contribution in [1.82, 2.24) is 19.7 Å². The van der Waals surface area contributed by atoms with Crippen molar-refractivity contribution >= 4 is 17.3 Å². The fourth-order valence-electron chi connectivity index (χ4n) is 5.07. The van der Waals surface area contributed by atoms with E-state index in [1.54, 1.807) is 0 Å². The summed E-state index contributed by atoms with van der Waals surface area (Å²) in [5.41, 5.74) is 0.245. The first-order chi connectivity index (χ1) is 18.9. The Balaban J connectivity index is 1.31. The average molecular weight is 541 g/mol.